The summed E-state index contributed by atoms with van der Waals surface area (Å²) in [6.45, 7) is 0.475. The average molecular weight is 408 g/mol. The highest BCUT2D eigenvalue weighted by Gasteiger charge is 2.15. The van der Waals surface area contributed by atoms with Gasteiger partial charge < -0.3 is 5.32 Å². The van der Waals surface area contributed by atoms with Crippen LogP contribution in [0.5, 0.6) is 0 Å². The van der Waals surface area contributed by atoms with Gasteiger partial charge in [0.05, 0.1) is 17.0 Å². The molecule has 2 heterocycles. The zero-order chi connectivity index (χ0) is 19.3. The Balaban J connectivity index is 1.56. The van der Waals surface area contributed by atoms with Crippen molar-refractivity contribution in [3.05, 3.63) is 88.0 Å². The van der Waals surface area contributed by atoms with E-state index in [0.29, 0.717) is 21.9 Å². The molecule has 1 N–H and O–H groups in total. The van der Waals surface area contributed by atoms with Crippen LogP contribution >= 0.6 is 23.1 Å². The standard InChI is InChI=1S/C21H17N3O2S2/c25-18(22-13-15-7-3-1-4-8-15)14-28-21-23-17-11-12-27-19(17)20(26)24(21)16-9-5-2-6-10-16/h1-12H,13-14H2,(H,22,25). The van der Waals surface area contributed by atoms with Gasteiger partial charge in [0.1, 0.15) is 4.70 Å². The van der Waals surface area contributed by atoms with Crippen LogP contribution in [-0.4, -0.2) is 21.2 Å². The maximum absolute atomic E-state index is 13.0. The van der Waals surface area contributed by atoms with Crippen LogP contribution < -0.4 is 10.9 Å². The highest BCUT2D eigenvalue weighted by atomic mass is 32.2. The molecule has 0 aliphatic rings. The van der Waals surface area contributed by atoms with Crippen LogP contribution in [0.3, 0.4) is 0 Å². The highest BCUT2D eigenvalue weighted by molar-refractivity contribution is 7.99. The average Bonchev–Trinajstić information content (AvgIpc) is 3.21. The maximum atomic E-state index is 13.0. The van der Waals surface area contributed by atoms with E-state index < -0.39 is 0 Å². The van der Waals surface area contributed by atoms with Crippen molar-refractivity contribution in [3.63, 3.8) is 0 Å². The molecule has 4 aromatic rings. The number of thioether (sulfide) groups is 1. The zero-order valence-electron chi connectivity index (χ0n) is 14.9. The van der Waals surface area contributed by atoms with E-state index in [4.69, 9.17) is 0 Å². The van der Waals surface area contributed by atoms with Crippen molar-refractivity contribution in [3.8, 4) is 5.69 Å². The summed E-state index contributed by atoms with van der Waals surface area (Å²) in [5, 5.41) is 5.27. The lowest BCUT2D eigenvalue weighted by Gasteiger charge is -2.12. The van der Waals surface area contributed by atoms with Gasteiger partial charge in [0.15, 0.2) is 5.16 Å². The largest absolute Gasteiger partial charge is 0.351 e. The molecule has 7 heteroatoms. The normalized spacial score (nSPS) is 10.9. The number of benzene rings is 2. The van der Waals surface area contributed by atoms with Gasteiger partial charge in [0.25, 0.3) is 5.56 Å². The van der Waals surface area contributed by atoms with Crippen LogP contribution in [0.1, 0.15) is 5.56 Å². The topological polar surface area (TPSA) is 64.0 Å². The molecule has 0 radical (unpaired) electrons. The molecule has 0 fully saturated rings. The minimum absolute atomic E-state index is 0.104. The van der Waals surface area contributed by atoms with E-state index in [1.165, 1.54) is 23.1 Å². The number of nitrogens with one attached hydrogen (secondary N) is 1. The van der Waals surface area contributed by atoms with Crippen LogP contribution in [0.2, 0.25) is 0 Å². The van der Waals surface area contributed by atoms with Crippen molar-refractivity contribution in [1.82, 2.24) is 14.9 Å². The number of hydrogen-bond acceptors (Lipinski definition) is 5. The van der Waals surface area contributed by atoms with E-state index in [2.05, 4.69) is 10.3 Å². The molecular formula is C21H17N3O2S2. The van der Waals surface area contributed by atoms with E-state index >= 15 is 0 Å². The Morgan fingerprint density at radius 1 is 1.04 bits per heavy atom. The van der Waals surface area contributed by atoms with E-state index in [9.17, 15) is 9.59 Å². The summed E-state index contributed by atoms with van der Waals surface area (Å²) in [7, 11) is 0. The molecule has 5 nitrogen and oxygen atoms in total. The SMILES string of the molecule is O=C(CSc1nc2ccsc2c(=O)n1-c1ccccc1)NCc1ccccc1. The molecule has 0 spiro atoms. The van der Waals surface area contributed by atoms with Crippen LogP contribution in [0.25, 0.3) is 15.9 Å². The number of nitrogens with zero attached hydrogens (tertiary/aromatic N) is 2. The monoisotopic (exact) mass is 407 g/mol. The fourth-order valence-electron chi connectivity index (χ4n) is 2.77. The van der Waals surface area contributed by atoms with Gasteiger partial charge in [-0.05, 0) is 29.1 Å². The number of para-hydroxylation sites is 1. The summed E-state index contributed by atoms with van der Waals surface area (Å²) in [5.74, 6) is 0.0787. The molecule has 0 atom stereocenters. The molecule has 0 saturated carbocycles. The van der Waals surface area contributed by atoms with Crippen molar-refractivity contribution in [2.24, 2.45) is 0 Å². The third-order valence-electron chi connectivity index (χ3n) is 4.13. The molecular weight excluding hydrogens is 390 g/mol. The van der Waals surface area contributed by atoms with Gasteiger partial charge in [0, 0.05) is 6.54 Å². The second-order valence-electron chi connectivity index (χ2n) is 6.06. The number of thiophene rings is 1. The summed E-state index contributed by atoms with van der Waals surface area (Å²) in [5.41, 5.74) is 2.33. The van der Waals surface area contributed by atoms with Gasteiger partial charge in [-0.25, -0.2) is 4.98 Å². The first-order chi connectivity index (χ1) is 13.7. The van der Waals surface area contributed by atoms with Gasteiger partial charge in [-0.1, -0.05) is 60.3 Å². The van der Waals surface area contributed by atoms with Crippen molar-refractivity contribution in [2.45, 2.75) is 11.7 Å². The number of carbonyl (C=O) groups excluding carboxylic acids is 1. The fraction of sp³-hybridized carbons (Fsp3) is 0.0952. The van der Waals surface area contributed by atoms with Crippen molar-refractivity contribution < 1.29 is 4.79 Å². The first-order valence-electron chi connectivity index (χ1n) is 8.71. The molecule has 4 rings (SSSR count). The van der Waals surface area contributed by atoms with Gasteiger partial charge >= 0.3 is 0 Å². The second kappa shape index (κ2) is 8.41. The summed E-state index contributed by atoms with van der Waals surface area (Å²) in [6.07, 6.45) is 0. The molecule has 140 valence electrons. The molecule has 2 aromatic heterocycles. The lowest BCUT2D eigenvalue weighted by Crippen LogP contribution is -2.26. The van der Waals surface area contributed by atoms with Gasteiger partial charge in [-0.2, -0.15) is 0 Å². The van der Waals surface area contributed by atoms with Crippen molar-refractivity contribution in [2.75, 3.05) is 5.75 Å². The third-order valence-corrected chi connectivity index (χ3v) is 5.96. The lowest BCUT2D eigenvalue weighted by molar-refractivity contribution is -0.118. The zero-order valence-corrected chi connectivity index (χ0v) is 16.5. The minimum Gasteiger partial charge on any atom is -0.351 e. The van der Waals surface area contributed by atoms with Crippen LogP contribution in [-0.2, 0) is 11.3 Å². The molecule has 0 bridgehead atoms. The highest BCUT2D eigenvalue weighted by Crippen LogP contribution is 2.23. The summed E-state index contributed by atoms with van der Waals surface area (Å²) >= 11 is 2.64. The Hall–Kier alpha value is -2.90. The first kappa shape index (κ1) is 18.5. The summed E-state index contributed by atoms with van der Waals surface area (Å²) in [6, 6.07) is 21.0. The molecule has 28 heavy (non-hydrogen) atoms. The Labute approximate surface area is 170 Å². The Kier molecular flexibility index (Phi) is 5.55. The summed E-state index contributed by atoms with van der Waals surface area (Å²) < 4.78 is 2.19. The fourth-order valence-corrected chi connectivity index (χ4v) is 4.37. The van der Waals surface area contributed by atoms with Crippen LogP contribution in [0.4, 0.5) is 0 Å². The van der Waals surface area contributed by atoms with Crippen LogP contribution in [0.15, 0.2) is 82.1 Å². The minimum atomic E-state index is -0.113. The number of fused-ring (bicyclic) bond motifs is 1. The van der Waals surface area contributed by atoms with Gasteiger partial charge in [-0.3, -0.25) is 14.2 Å². The first-order valence-corrected chi connectivity index (χ1v) is 10.6. The third kappa shape index (κ3) is 4.00. The van der Waals surface area contributed by atoms with Gasteiger partial charge in [-0.15, -0.1) is 11.3 Å². The Morgan fingerprint density at radius 2 is 1.75 bits per heavy atom. The number of aromatic nitrogens is 2. The van der Waals surface area contributed by atoms with Crippen molar-refractivity contribution in [1.29, 1.82) is 0 Å². The maximum Gasteiger partial charge on any atom is 0.276 e. The van der Waals surface area contributed by atoms with Crippen molar-refractivity contribution >= 4 is 39.2 Å². The number of carbonyl (C=O) groups is 1. The smallest absolute Gasteiger partial charge is 0.276 e. The Morgan fingerprint density at radius 3 is 2.50 bits per heavy atom. The molecule has 0 unspecified atom stereocenters. The van der Waals surface area contributed by atoms with E-state index in [-0.39, 0.29) is 17.2 Å². The van der Waals surface area contributed by atoms with E-state index in [0.717, 1.165) is 11.3 Å². The van der Waals surface area contributed by atoms with E-state index in [1.54, 1.807) is 4.57 Å². The number of hydrogen-bond donors (Lipinski definition) is 1. The molecule has 0 aliphatic carbocycles. The molecule has 1 amide bonds. The second-order valence-corrected chi connectivity index (χ2v) is 7.92. The molecule has 0 saturated heterocycles. The summed E-state index contributed by atoms with van der Waals surface area (Å²) in [4.78, 5) is 29.9. The lowest BCUT2D eigenvalue weighted by atomic mass is 10.2. The van der Waals surface area contributed by atoms with Gasteiger partial charge in [0.2, 0.25) is 5.91 Å². The predicted octanol–water partition coefficient (Wildman–Crippen LogP) is 3.86. The Bertz CT molecular complexity index is 1150. The molecule has 0 aliphatic heterocycles. The predicted molar refractivity (Wildman–Crippen MR) is 114 cm³/mol. The number of rotatable bonds is 6. The molecule has 2 aromatic carbocycles. The number of amides is 1. The van der Waals surface area contributed by atoms with E-state index in [1.807, 2.05) is 72.1 Å². The van der Waals surface area contributed by atoms with Crippen LogP contribution in [0, 0.1) is 0 Å². The quantitative estimate of drug-likeness (QED) is 0.389.